The molecule has 21 N–H and O–H groups in total. The number of ether oxygens (including phenoxy) is 13. The first-order valence-electron chi connectivity index (χ1n) is 30.9. The number of aromatic hydroxyl groups is 6. The second-order valence-electron chi connectivity index (χ2n) is 23.6. The van der Waals surface area contributed by atoms with E-state index in [1.165, 1.54) is 18.2 Å². The van der Waals surface area contributed by atoms with Crippen LogP contribution in [-0.4, -0.2) is 304 Å². The van der Waals surface area contributed by atoms with Crippen LogP contribution in [0.15, 0.2) is 84.6 Å². The van der Waals surface area contributed by atoms with Crippen molar-refractivity contribution in [2.75, 3.05) is 19.8 Å². The van der Waals surface area contributed by atoms with E-state index < -0.39 is 272 Å². The highest BCUT2D eigenvalue weighted by Gasteiger charge is 2.55. The largest absolute Gasteiger partial charge is 0.507 e. The molecule has 0 saturated carbocycles. The molecule has 4 fully saturated rings. The fraction of sp³-hybridized carbons (Fsp3) is 0.422. The first-order chi connectivity index (χ1) is 49.6. The van der Waals surface area contributed by atoms with Crippen LogP contribution in [0.2, 0.25) is 0 Å². The normalized spacial score (nSPS) is 30.8. The maximum absolute atomic E-state index is 13.5. The van der Waals surface area contributed by atoms with Gasteiger partial charge < -0.3 is 169 Å². The number of carbonyl (C=O) groups is 7. The molecule has 23 atom stereocenters. The number of aliphatic hydroxyl groups is 12. The van der Waals surface area contributed by atoms with E-state index in [0.29, 0.717) is 0 Å². The Morgan fingerprint density at radius 1 is 0.495 bits per heavy atom. The van der Waals surface area contributed by atoms with Gasteiger partial charge in [-0.1, -0.05) is 18.2 Å². The molecule has 5 heterocycles. The fourth-order valence-corrected chi connectivity index (χ4v) is 10.7. The molecule has 0 aliphatic carbocycles. The Balaban J connectivity index is 1.07. The van der Waals surface area contributed by atoms with E-state index in [1.807, 2.05) is 0 Å². The van der Waals surface area contributed by atoms with Crippen LogP contribution in [0, 0.1) is 0 Å². The molecule has 4 aromatic carbocycles. The van der Waals surface area contributed by atoms with Crippen LogP contribution in [0.4, 0.5) is 0 Å². The molecule has 4 saturated heterocycles. The van der Waals surface area contributed by atoms with Crippen molar-refractivity contribution >= 4 is 60.0 Å². The van der Waals surface area contributed by atoms with Crippen LogP contribution in [-0.2, 0) is 80.9 Å². The molecular weight excluding hydrogens is 1420 g/mol. The Bertz CT molecular complexity index is 3930. The van der Waals surface area contributed by atoms with Crippen LogP contribution < -0.4 is 14.2 Å². The van der Waals surface area contributed by atoms with Crippen molar-refractivity contribution < 1.29 is 202 Å². The molecular formula is C64H68O41. The third kappa shape index (κ3) is 18.4. The lowest BCUT2D eigenvalue weighted by molar-refractivity contribution is -0.364. The molecule has 105 heavy (non-hydrogen) atoms. The van der Waals surface area contributed by atoms with E-state index in [2.05, 4.69) is 4.74 Å². The van der Waals surface area contributed by atoms with Crippen molar-refractivity contribution in [3.05, 3.63) is 107 Å². The van der Waals surface area contributed by atoms with Crippen molar-refractivity contribution in [3.8, 4) is 51.7 Å². The highest BCUT2D eigenvalue weighted by molar-refractivity contribution is 5.93. The maximum Gasteiger partial charge on any atom is 0.348 e. The molecule has 5 aliphatic heterocycles. The Morgan fingerprint density at radius 2 is 1.05 bits per heavy atom. The predicted molar refractivity (Wildman–Crippen MR) is 329 cm³/mol. The molecule has 5 aliphatic rings. The molecule has 0 spiro atoms. The minimum absolute atomic E-state index is 0.0907. The van der Waals surface area contributed by atoms with E-state index in [0.717, 1.165) is 78.9 Å². The second kappa shape index (κ2) is 33.7. The van der Waals surface area contributed by atoms with Gasteiger partial charge in [0.25, 0.3) is 0 Å². The summed E-state index contributed by atoms with van der Waals surface area (Å²) >= 11 is 0. The highest BCUT2D eigenvalue weighted by atomic mass is 16.8. The van der Waals surface area contributed by atoms with Gasteiger partial charge in [-0.15, -0.1) is 0 Å². The number of fused-ring (bicyclic) bond motifs is 1. The molecule has 570 valence electrons. The monoisotopic (exact) mass is 1490 g/mol. The number of carboxylic acid groups (broad SMARTS) is 3. The summed E-state index contributed by atoms with van der Waals surface area (Å²) < 4.78 is 73.4. The van der Waals surface area contributed by atoms with Gasteiger partial charge in [-0.3, -0.25) is 9.59 Å². The number of esters is 4. The number of hydrogen-bond acceptors (Lipinski definition) is 38. The first kappa shape index (κ1) is 78.8. The van der Waals surface area contributed by atoms with Gasteiger partial charge >= 0.3 is 41.8 Å². The average molecular weight is 1490 g/mol. The maximum atomic E-state index is 13.5. The second-order valence-corrected chi connectivity index (χ2v) is 23.6. The Labute approximate surface area is 586 Å². The zero-order valence-electron chi connectivity index (χ0n) is 53.4. The SMILES string of the molecule is O=C(/C=C\c1ccc(O)c(O)c1)OC[C@@H]1O[C@H](Oc2cc(O)c3c(c2)OC(c2ccc(O)c(O[C@@H]4O[C@@H](C(=O)O)[C@@H](O)[C@H](O)[C@H]4O)c2)C(O[C@@H]2O[C@@H](COC(=O)CC(=O)O[C@@H](C(=O)O)[C@@H](O)C(=O)O)[C@H](O)[C@@H](O)[C@@H]2O[C@@H]2O[C@@H](CO)[C@@H](O)[C@H](O)[C@H]2OC(=O)/C=C\c2ccc(O)c(O)c2)=C3)[C@H](O)[C@@H](O)[C@@H]1O. The lowest BCUT2D eigenvalue weighted by Crippen LogP contribution is -2.65. The van der Waals surface area contributed by atoms with Gasteiger partial charge in [0.15, 0.2) is 71.3 Å². The third-order valence-electron chi connectivity index (χ3n) is 16.4. The number of aliphatic hydroxyl groups excluding tert-OH is 12. The summed E-state index contributed by atoms with van der Waals surface area (Å²) in [6.45, 7) is -3.18. The molecule has 0 amide bonds. The van der Waals surface area contributed by atoms with Gasteiger partial charge in [-0.2, -0.15) is 0 Å². The summed E-state index contributed by atoms with van der Waals surface area (Å²) in [4.78, 5) is 87.0. The van der Waals surface area contributed by atoms with E-state index in [1.54, 1.807) is 0 Å². The number of benzene rings is 4. The summed E-state index contributed by atoms with van der Waals surface area (Å²) in [6, 6.07) is 11.6. The summed E-state index contributed by atoms with van der Waals surface area (Å²) in [5.74, 6) is -18.1. The number of carbonyl (C=O) groups excluding carboxylic acids is 4. The van der Waals surface area contributed by atoms with Crippen molar-refractivity contribution in [1.29, 1.82) is 0 Å². The molecule has 41 nitrogen and oxygen atoms in total. The van der Waals surface area contributed by atoms with Crippen molar-refractivity contribution in [3.63, 3.8) is 0 Å². The van der Waals surface area contributed by atoms with E-state index >= 15 is 0 Å². The van der Waals surface area contributed by atoms with Crippen LogP contribution in [0.1, 0.15) is 34.8 Å². The summed E-state index contributed by atoms with van der Waals surface area (Å²) in [7, 11) is 0. The third-order valence-corrected chi connectivity index (χ3v) is 16.4. The van der Waals surface area contributed by atoms with Crippen molar-refractivity contribution in [1.82, 2.24) is 0 Å². The first-order valence-corrected chi connectivity index (χ1v) is 30.9. The van der Waals surface area contributed by atoms with Crippen molar-refractivity contribution in [2.45, 2.75) is 148 Å². The van der Waals surface area contributed by atoms with Crippen LogP contribution in [0.5, 0.6) is 51.7 Å². The number of hydrogen-bond donors (Lipinski definition) is 21. The van der Waals surface area contributed by atoms with Gasteiger partial charge in [0.05, 0.1) is 12.2 Å². The molecule has 0 bridgehead atoms. The molecule has 9 rings (SSSR count). The Hall–Kier alpha value is -10.3. The van der Waals surface area contributed by atoms with Gasteiger partial charge in [0, 0.05) is 29.8 Å². The zero-order chi connectivity index (χ0) is 76.7. The van der Waals surface area contributed by atoms with E-state index in [9.17, 15) is 136 Å². The minimum Gasteiger partial charge on any atom is -0.507 e. The molecule has 0 radical (unpaired) electrons. The summed E-state index contributed by atoms with van der Waals surface area (Å²) in [6.07, 6.45) is -47.8. The van der Waals surface area contributed by atoms with Gasteiger partial charge in [0.2, 0.25) is 25.0 Å². The number of phenols is 6. The summed E-state index contributed by atoms with van der Waals surface area (Å²) in [5.41, 5.74) is -0.380. The lowest BCUT2D eigenvalue weighted by Gasteiger charge is -2.47. The number of aliphatic carboxylic acids is 3. The number of carboxylic acids is 3. The van der Waals surface area contributed by atoms with Crippen molar-refractivity contribution in [2.24, 2.45) is 0 Å². The average Bonchev–Trinajstić information content (AvgIpc) is 0.769. The highest BCUT2D eigenvalue weighted by Crippen LogP contribution is 2.47. The summed E-state index contributed by atoms with van der Waals surface area (Å²) in [5, 5.41) is 222. The molecule has 41 heteroatoms. The minimum atomic E-state index is -2.84. The Morgan fingerprint density at radius 3 is 1.65 bits per heavy atom. The van der Waals surface area contributed by atoms with Gasteiger partial charge in [-0.05, 0) is 65.8 Å². The van der Waals surface area contributed by atoms with E-state index in [4.69, 9.17) is 61.9 Å². The van der Waals surface area contributed by atoms with Gasteiger partial charge in [-0.25, -0.2) is 24.0 Å². The van der Waals surface area contributed by atoms with Crippen LogP contribution in [0.3, 0.4) is 0 Å². The Kier molecular flexibility index (Phi) is 25.3. The zero-order valence-corrected chi connectivity index (χ0v) is 53.4. The van der Waals surface area contributed by atoms with Gasteiger partial charge in [0.1, 0.15) is 122 Å². The van der Waals surface area contributed by atoms with Crippen LogP contribution >= 0.6 is 0 Å². The smallest absolute Gasteiger partial charge is 0.348 e. The predicted octanol–water partition coefficient (Wildman–Crippen LogP) is -5.60. The fourth-order valence-electron chi connectivity index (χ4n) is 10.7. The van der Waals surface area contributed by atoms with E-state index in [-0.39, 0.29) is 16.7 Å². The number of phenolic OH excluding ortho intramolecular Hbond substituents is 6. The lowest BCUT2D eigenvalue weighted by atomic mass is 9.96. The molecule has 4 aromatic rings. The molecule has 0 aromatic heterocycles. The standard InChI is InChI=1S/C64H68O41/c65-18-35-42(76)47(81)56(102-39(73)10-4-22-2-7-27(67)31(71)12-22)64(99-35)105-57-48(82)44(78)37(20-94-40(74)17-41(75)103-55(60(91)92)52(86)58(87)88)101-63(57)98-34-16-25-29(69)14-24(95-61-50(84)45(79)43(77)36(100-61)19-93-38(72)9-3-21-1-6-26(66)30(70)11-21)15-32(25)96-53(34)23-5-8-28(68)33(13-23)97-62-51(85)46(80)49(83)54(104-62)59(89)90/h1-16,35-37,42-57,61-71,76-86H,17-20H2,(H,87,88)(H,89,90)(H,91,92)/b9-3-,10-4-/t35-,36-,37-,42+,43+,44-,45-,46-,47-,48+,49-,50+,51+,52+,53?,54+,55+,56+,57-,61-,62+,63+,64-/m0/s1. The molecule has 1 unspecified atom stereocenters. The number of rotatable bonds is 26. The topological polar surface area (TPSA) is 664 Å². The van der Waals surface area contributed by atoms with Crippen LogP contribution in [0.25, 0.3) is 18.2 Å². The quantitative estimate of drug-likeness (QED) is 0.00916.